The van der Waals surface area contributed by atoms with E-state index in [1.165, 1.54) is 0 Å². The van der Waals surface area contributed by atoms with Gasteiger partial charge in [-0.25, -0.2) is 9.78 Å². The zero-order valence-electron chi connectivity index (χ0n) is 14.5. The molecular formula is C18H16Cl2N4O4. The standard InChI is InChI=1S/C18H16Cl2N4O4/c19-12-4-3-10(8-13(12)20)14-5-7-21-9-15(26-14)27-17-11(2-1-6-22-17)16-23-18(25)28-24-16/h1-4,6,8,14-15,21H,5,7,9H2,(H,23,24,25)/t14-,15?/m0/s1. The van der Waals surface area contributed by atoms with E-state index in [4.69, 9.17) is 32.7 Å². The van der Waals surface area contributed by atoms with Crippen molar-refractivity contribution in [2.45, 2.75) is 18.8 Å². The third kappa shape index (κ3) is 4.20. The molecule has 28 heavy (non-hydrogen) atoms. The summed E-state index contributed by atoms with van der Waals surface area (Å²) in [5.74, 6) is -0.152. The van der Waals surface area contributed by atoms with Crippen LogP contribution in [0.2, 0.25) is 10.0 Å². The molecule has 1 aromatic carbocycles. The van der Waals surface area contributed by atoms with Gasteiger partial charge in [-0.2, -0.15) is 0 Å². The third-order valence-electron chi connectivity index (χ3n) is 4.24. The predicted molar refractivity (Wildman–Crippen MR) is 103 cm³/mol. The maximum atomic E-state index is 11.3. The second kappa shape index (κ2) is 8.32. The second-order valence-electron chi connectivity index (χ2n) is 6.14. The lowest BCUT2D eigenvalue weighted by Gasteiger charge is -2.23. The Labute approximate surface area is 169 Å². The Kier molecular flexibility index (Phi) is 5.63. The molecule has 1 aliphatic rings. The van der Waals surface area contributed by atoms with E-state index in [1.807, 2.05) is 6.07 Å². The van der Waals surface area contributed by atoms with Crippen molar-refractivity contribution in [1.82, 2.24) is 20.4 Å². The lowest BCUT2D eigenvalue weighted by molar-refractivity contribution is -0.112. The van der Waals surface area contributed by atoms with Crippen molar-refractivity contribution < 1.29 is 14.0 Å². The van der Waals surface area contributed by atoms with Crippen LogP contribution >= 0.6 is 23.2 Å². The van der Waals surface area contributed by atoms with Gasteiger partial charge in [0.1, 0.15) is 0 Å². The Balaban J connectivity index is 1.56. The van der Waals surface area contributed by atoms with Gasteiger partial charge in [-0.05, 0) is 42.8 Å². The number of aromatic nitrogens is 3. The highest BCUT2D eigenvalue weighted by Gasteiger charge is 2.25. The summed E-state index contributed by atoms with van der Waals surface area (Å²) >= 11 is 12.1. The molecule has 2 N–H and O–H groups in total. The summed E-state index contributed by atoms with van der Waals surface area (Å²) in [6.07, 6.45) is 1.48. The Morgan fingerprint density at radius 3 is 2.89 bits per heavy atom. The van der Waals surface area contributed by atoms with Gasteiger partial charge >= 0.3 is 5.76 Å². The highest BCUT2D eigenvalue weighted by atomic mass is 35.5. The fourth-order valence-corrected chi connectivity index (χ4v) is 3.22. The van der Waals surface area contributed by atoms with E-state index in [0.717, 1.165) is 18.5 Å². The number of benzene rings is 1. The molecule has 146 valence electrons. The average molecular weight is 423 g/mol. The molecule has 0 saturated carbocycles. The van der Waals surface area contributed by atoms with Crippen LogP contribution in [0.25, 0.3) is 11.4 Å². The number of nitrogens with one attached hydrogen (secondary N) is 2. The molecule has 1 saturated heterocycles. The monoisotopic (exact) mass is 422 g/mol. The molecular weight excluding hydrogens is 407 g/mol. The second-order valence-corrected chi connectivity index (χ2v) is 6.95. The molecule has 1 unspecified atom stereocenters. The Hall–Kier alpha value is -2.39. The minimum absolute atomic E-state index is 0.228. The quantitative estimate of drug-likeness (QED) is 0.665. The van der Waals surface area contributed by atoms with Crippen LogP contribution in [-0.4, -0.2) is 34.5 Å². The Morgan fingerprint density at radius 2 is 2.11 bits per heavy atom. The zero-order valence-corrected chi connectivity index (χ0v) is 16.0. The molecule has 0 aliphatic carbocycles. The molecule has 0 radical (unpaired) electrons. The predicted octanol–water partition coefficient (Wildman–Crippen LogP) is 3.19. The van der Waals surface area contributed by atoms with Crippen LogP contribution in [0.3, 0.4) is 0 Å². The highest BCUT2D eigenvalue weighted by Crippen LogP contribution is 2.31. The van der Waals surface area contributed by atoms with Crippen molar-refractivity contribution in [2.75, 3.05) is 13.1 Å². The Morgan fingerprint density at radius 1 is 1.21 bits per heavy atom. The highest BCUT2D eigenvalue weighted by molar-refractivity contribution is 6.42. The van der Waals surface area contributed by atoms with Crippen LogP contribution in [0.15, 0.2) is 45.8 Å². The fourth-order valence-electron chi connectivity index (χ4n) is 2.92. The zero-order chi connectivity index (χ0) is 19.5. The number of hydrogen-bond donors (Lipinski definition) is 2. The van der Waals surface area contributed by atoms with E-state index in [9.17, 15) is 4.79 Å². The molecule has 10 heteroatoms. The van der Waals surface area contributed by atoms with Crippen molar-refractivity contribution in [3.8, 4) is 17.3 Å². The van der Waals surface area contributed by atoms with Gasteiger partial charge < -0.3 is 14.8 Å². The number of ether oxygens (including phenoxy) is 2. The van der Waals surface area contributed by atoms with Crippen LogP contribution in [0.1, 0.15) is 18.1 Å². The number of H-pyrrole nitrogens is 1. The minimum Gasteiger partial charge on any atom is -0.446 e. The number of nitrogens with zero attached hydrogens (tertiary/aromatic N) is 2. The van der Waals surface area contributed by atoms with Gasteiger partial charge in [-0.3, -0.25) is 9.51 Å². The molecule has 3 aromatic rings. The maximum absolute atomic E-state index is 11.3. The summed E-state index contributed by atoms with van der Waals surface area (Å²) < 4.78 is 16.7. The Bertz CT molecular complexity index is 1020. The SMILES string of the molecule is O=c1[nH]c(-c2cccnc2OC2CNCC[C@@H](c3ccc(Cl)c(Cl)c3)O2)no1. The van der Waals surface area contributed by atoms with E-state index in [2.05, 4.69) is 25.0 Å². The minimum atomic E-state index is -0.656. The largest absolute Gasteiger partial charge is 0.446 e. The van der Waals surface area contributed by atoms with E-state index in [0.29, 0.717) is 22.2 Å². The van der Waals surface area contributed by atoms with Gasteiger partial charge in [0.2, 0.25) is 12.2 Å². The maximum Gasteiger partial charge on any atom is 0.439 e. The van der Waals surface area contributed by atoms with Crippen LogP contribution in [0.4, 0.5) is 0 Å². The van der Waals surface area contributed by atoms with Crippen LogP contribution in [0, 0.1) is 0 Å². The molecule has 1 aliphatic heterocycles. The fraction of sp³-hybridized carbons (Fsp3) is 0.278. The topological polar surface area (TPSA) is 102 Å². The van der Waals surface area contributed by atoms with Gasteiger partial charge in [-0.15, -0.1) is 0 Å². The molecule has 0 bridgehead atoms. The first-order valence-electron chi connectivity index (χ1n) is 8.59. The van der Waals surface area contributed by atoms with E-state index in [-0.39, 0.29) is 17.8 Å². The average Bonchev–Trinajstić information content (AvgIpc) is 2.99. The molecule has 3 heterocycles. The molecule has 2 atom stereocenters. The first-order chi connectivity index (χ1) is 13.6. The first kappa shape index (κ1) is 18.9. The smallest absolute Gasteiger partial charge is 0.439 e. The molecule has 4 rings (SSSR count). The van der Waals surface area contributed by atoms with Crippen molar-refractivity contribution >= 4 is 23.2 Å². The molecule has 0 amide bonds. The van der Waals surface area contributed by atoms with Gasteiger partial charge in [0.25, 0.3) is 0 Å². The molecule has 0 spiro atoms. The number of pyridine rings is 1. The number of rotatable bonds is 4. The van der Waals surface area contributed by atoms with E-state index < -0.39 is 12.0 Å². The van der Waals surface area contributed by atoms with Crippen LogP contribution in [-0.2, 0) is 4.74 Å². The summed E-state index contributed by atoms with van der Waals surface area (Å²) in [6.45, 7) is 1.21. The summed E-state index contributed by atoms with van der Waals surface area (Å²) in [5.41, 5.74) is 1.40. The molecule has 8 nitrogen and oxygen atoms in total. The number of aromatic amines is 1. The number of halogens is 2. The molecule has 2 aromatic heterocycles. The van der Waals surface area contributed by atoms with Crippen molar-refractivity contribution in [3.05, 3.63) is 62.7 Å². The summed E-state index contributed by atoms with van der Waals surface area (Å²) in [5, 5.41) is 7.93. The number of hydrogen-bond acceptors (Lipinski definition) is 7. The van der Waals surface area contributed by atoms with Crippen molar-refractivity contribution in [2.24, 2.45) is 0 Å². The van der Waals surface area contributed by atoms with E-state index >= 15 is 0 Å². The van der Waals surface area contributed by atoms with Crippen molar-refractivity contribution in [1.29, 1.82) is 0 Å². The van der Waals surface area contributed by atoms with Crippen LogP contribution < -0.4 is 15.8 Å². The van der Waals surface area contributed by atoms with E-state index in [1.54, 1.807) is 30.5 Å². The van der Waals surface area contributed by atoms with Gasteiger partial charge in [-0.1, -0.05) is 34.4 Å². The van der Waals surface area contributed by atoms with Gasteiger partial charge in [0, 0.05) is 6.20 Å². The first-order valence-corrected chi connectivity index (χ1v) is 9.35. The summed E-state index contributed by atoms with van der Waals surface area (Å²) in [7, 11) is 0. The van der Waals surface area contributed by atoms with Gasteiger partial charge in [0.05, 0.1) is 28.3 Å². The third-order valence-corrected chi connectivity index (χ3v) is 4.97. The van der Waals surface area contributed by atoms with Gasteiger partial charge in [0.15, 0.2) is 5.82 Å². The van der Waals surface area contributed by atoms with Crippen molar-refractivity contribution in [3.63, 3.8) is 0 Å². The normalized spacial score (nSPS) is 19.9. The molecule has 1 fully saturated rings. The lowest BCUT2D eigenvalue weighted by Crippen LogP contribution is -2.31. The lowest BCUT2D eigenvalue weighted by atomic mass is 10.1. The summed E-state index contributed by atoms with van der Waals surface area (Å²) in [4.78, 5) is 18.0. The summed E-state index contributed by atoms with van der Waals surface area (Å²) in [6, 6.07) is 8.85. The van der Waals surface area contributed by atoms with Crippen LogP contribution in [0.5, 0.6) is 5.88 Å².